The fraction of sp³-hybridized carbons (Fsp3) is 0.294. The Balaban J connectivity index is 2.11. The second kappa shape index (κ2) is 7.40. The molecule has 0 saturated heterocycles. The van der Waals surface area contributed by atoms with E-state index in [2.05, 4.69) is 45.0 Å². The zero-order valence-electron chi connectivity index (χ0n) is 13.1. The lowest BCUT2D eigenvalue weighted by Crippen LogP contribution is -2.22. The van der Waals surface area contributed by atoms with Gasteiger partial charge in [-0.3, -0.25) is 4.79 Å². The van der Waals surface area contributed by atoms with Crippen LogP contribution in [0.4, 0.5) is 11.4 Å². The van der Waals surface area contributed by atoms with E-state index in [4.69, 9.17) is 0 Å². The first-order valence-electron chi connectivity index (χ1n) is 7.33. The lowest BCUT2D eigenvalue weighted by atomic mass is 10.2. The van der Waals surface area contributed by atoms with Gasteiger partial charge in [-0.2, -0.15) is 0 Å². The topological polar surface area (TPSA) is 45.2 Å². The van der Waals surface area contributed by atoms with Gasteiger partial charge in [-0.15, -0.1) is 0 Å². The molecule has 1 aromatic heterocycles. The van der Waals surface area contributed by atoms with Crippen molar-refractivity contribution in [3.63, 3.8) is 0 Å². The van der Waals surface area contributed by atoms with Crippen LogP contribution in [0.2, 0.25) is 0 Å². The molecule has 116 valence electrons. The van der Waals surface area contributed by atoms with Crippen molar-refractivity contribution in [2.45, 2.75) is 20.8 Å². The Morgan fingerprint density at radius 1 is 1.23 bits per heavy atom. The molecule has 0 bridgehead atoms. The van der Waals surface area contributed by atoms with E-state index in [-0.39, 0.29) is 5.91 Å². The summed E-state index contributed by atoms with van der Waals surface area (Å²) < 4.78 is 0.968. The second-order valence-corrected chi connectivity index (χ2v) is 5.85. The molecule has 22 heavy (non-hydrogen) atoms. The van der Waals surface area contributed by atoms with Crippen molar-refractivity contribution in [2.24, 2.45) is 0 Å². The van der Waals surface area contributed by atoms with E-state index < -0.39 is 0 Å². The van der Waals surface area contributed by atoms with Crippen molar-refractivity contribution >= 4 is 33.2 Å². The first-order valence-corrected chi connectivity index (χ1v) is 8.13. The van der Waals surface area contributed by atoms with E-state index in [1.807, 2.05) is 31.2 Å². The number of hydrogen-bond acceptors (Lipinski definition) is 3. The van der Waals surface area contributed by atoms with Gasteiger partial charge in [0.15, 0.2) is 0 Å². The lowest BCUT2D eigenvalue weighted by molar-refractivity contribution is 0.102. The SMILES string of the molecule is CCN(CC)c1ccc(C(=O)Nc2ccc(C)c(Br)c2)nc1. The van der Waals surface area contributed by atoms with Gasteiger partial charge >= 0.3 is 0 Å². The van der Waals surface area contributed by atoms with Gasteiger partial charge in [-0.1, -0.05) is 22.0 Å². The number of nitrogens with one attached hydrogen (secondary N) is 1. The van der Waals surface area contributed by atoms with Crippen LogP contribution in [-0.4, -0.2) is 24.0 Å². The molecule has 4 nitrogen and oxygen atoms in total. The molecule has 2 rings (SSSR count). The maximum absolute atomic E-state index is 12.2. The molecule has 0 radical (unpaired) electrons. The molecule has 1 aromatic carbocycles. The van der Waals surface area contributed by atoms with Gasteiger partial charge in [0.2, 0.25) is 0 Å². The second-order valence-electron chi connectivity index (χ2n) is 4.99. The minimum absolute atomic E-state index is 0.207. The predicted molar refractivity (Wildman–Crippen MR) is 94.6 cm³/mol. The Kier molecular flexibility index (Phi) is 5.55. The van der Waals surface area contributed by atoms with Crippen LogP contribution in [0, 0.1) is 6.92 Å². The summed E-state index contributed by atoms with van der Waals surface area (Å²) in [6.45, 7) is 8.03. The minimum Gasteiger partial charge on any atom is -0.371 e. The highest BCUT2D eigenvalue weighted by molar-refractivity contribution is 9.10. The van der Waals surface area contributed by atoms with Crippen molar-refractivity contribution in [3.05, 3.63) is 52.3 Å². The van der Waals surface area contributed by atoms with E-state index >= 15 is 0 Å². The third-order valence-corrected chi connectivity index (χ3v) is 4.39. The van der Waals surface area contributed by atoms with Crippen LogP contribution < -0.4 is 10.2 Å². The average Bonchev–Trinajstić information content (AvgIpc) is 2.53. The van der Waals surface area contributed by atoms with E-state index in [9.17, 15) is 4.79 Å². The van der Waals surface area contributed by atoms with Crippen LogP contribution in [0.25, 0.3) is 0 Å². The molecule has 2 aromatic rings. The van der Waals surface area contributed by atoms with E-state index in [0.717, 1.165) is 34.5 Å². The molecule has 1 heterocycles. The summed E-state index contributed by atoms with van der Waals surface area (Å²) in [5, 5.41) is 2.86. The van der Waals surface area contributed by atoms with E-state index in [1.165, 1.54) is 0 Å². The normalized spacial score (nSPS) is 10.4. The van der Waals surface area contributed by atoms with Crippen molar-refractivity contribution < 1.29 is 4.79 Å². The fourth-order valence-corrected chi connectivity index (χ4v) is 2.54. The summed E-state index contributed by atoms with van der Waals surface area (Å²) in [4.78, 5) is 18.7. The third-order valence-electron chi connectivity index (χ3n) is 3.54. The monoisotopic (exact) mass is 361 g/mol. The van der Waals surface area contributed by atoms with Gasteiger partial charge in [0.05, 0.1) is 11.9 Å². The zero-order valence-corrected chi connectivity index (χ0v) is 14.6. The predicted octanol–water partition coefficient (Wildman–Crippen LogP) is 4.25. The summed E-state index contributed by atoms with van der Waals surface area (Å²) in [5.74, 6) is -0.207. The van der Waals surface area contributed by atoms with Crippen molar-refractivity contribution in [2.75, 3.05) is 23.3 Å². The minimum atomic E-state index is -0.207. The quantitative estimate of drug-likeness (QED) is 0.865. The number of carbonyl (C=O) groups excluding carboxylic acids is 1. The maximum atomic E-state index is 12.2. The summed E-state index contributed by atoms with van der Waals surface area (Å²) in [6.07, 6.45) is 1.74. The standard InChI is InChI=1S/C17H20BrN3O/c1-4-21(5-2)14-8-9-16(19-11-14)17(22)20-13-7-6-12(3)15(18)10-13/h6-11H,4-5H2,1-3H3,(H,20,22). The Labute approximate surface area is 139 Å². The lowest BCUT2D eigenvalue weighted by Gasteiger charge is -2.20. The molecule has 5 heteroatoms. The number of pyridine rings is 1. The van der Waals surface area contributed by atoms with Crippen LogP contribution in [0.3, 0.4) is 0 Å². The molecule has 0 saturated carbocycles. The first-order chi connectivity index (χ1) is 10.5. The summed E-state index contributed by atoms with van der Waals surface area (Å²) >= 11 is 3.46. The largest absolute Gasteiger partial charge is 0.371 e. The molecular formula is C17H20BrN3O. The highest BCUT2D eigenvalue weighted by atomic mass is 79.9. The number of aryl methyl sites for hydroxylation is 1. The van der Waals surface area contributed by atoms with Crippen LogP contribution in [0.1, 0.15) is 29.9 Å². The molecule has 1 amide bonds. The highest BCUT2D eigenvalue weighted by Crippen LogP contribution is 2.21. The Hall–Kier alpha value is -1.88. The Morgan fingerprint density at radius 3 is 2.50 bits per heavy atom. The molecule has 0 aliphatic heterocycles. The number of amides is 1. The van der Waals surface area contributed by atoms with Gasteiger partial charge in [0.25, 0.3) is 5.91 Å². The van der Waals surface area contributed by atoms with E-state index in [0.29, 0.717) is 5.69 Å². The fourth-order valence-electron chi connectivity index (χ4n) is 2.16. The Morgan fingerprint density at radius 2 is 1.95 bits per heavy atom. The van der Waals surface area contributed by atoms with Crippen molar-refractivity contribution in [1.29, 1.82) is 0 Å². The van der Waals surface area contributed by atoms with Gasteiger partial charge < -0.3 is 10.2 Å². The number of hydrogen-bond donors (Lipinski definition) is 1. The molecule has 0 atom stereocenters. The molecule has 0 unspecified atom stereocenters. The van der Waals surface area contributed by atoms with Gasteiger partial charge in [-0.05, 0) is 50.6 Å². The van der Waals surface area contributed by atoms with Gasteiger partial charge in [0, 0.05) is 23.2 Å². The van der Waals surface area contributed by atoms with Crippen LogP contribution in [-0.2, 0) is 0 Å². The Bertz CT molecular complexity index is 651. The molecule has 0 aliphatic carbocycles. The smallest absolute Gasteiger partial charge is 0.274 e. The number of nitrogens with zero attached hydrogens (tertiary/aromatic N) is 2. The number of benzene rings is 1. The van der Waals surface area contributed by atoms with Crippen LogP contribution in [0.15, 0.2) is 41.0 Å². The van der Waals surface area contributed by atoms with Gasteiger partial charge in [-0.25, -0.2) is 4.98 Å². The summed E-state index contributed by atoms with van der Waals surface area (Å²) in [5.41, 5.74) is 3.31. The number of anilines is 2. The number of halogens is 1. The van der Waals surface area contributed by atoms with Crippen LogP contribution >= 0.6 is 15.9 Å². The molecule has 0 aliphatic rings. The third kappa shape index (κ3) is 3.85. The van der Waals surface area contributed by atoms with Crippen molar-refractivity contribution in [3.8, 4) is 0 Å². The summed E-state index contributed by atoms with van der Waals surface area (Å²) in [6, 6.07) is 9.41. The average molecular weight is 362 g/mol. The summed E-state index contributed by atoms with van der Waals surface area (Å²) in [7, 11) is 0. The van der Waals surface area contributed by atoms with Crippen molar-refractivity contribution in [1.82, 2.24) is 4.98 Å². The molecular weight excluding hydrogens is 342 g/mol. The van der Waals surface area contributed by atoms with Crippen LogP contribution in [0.5, 0.6) is 0 Å². The highest BCUT2D eigenvalue weighted by Gasteiger charge is 2.09. The van der Waals surface area contributed by atoms with E-state index in [1.54, 1.807) is 12.3 Å². The number of carbonyl (C=O) groups is 1. The molecule has 0 spiro atoms. The maximum Gasteiger partial charge on any atom is 0.274 e. The van der Waals surface area contributed by atoms with Gasteiger partial charge in [0.1, 0.15) is 5.69 Å². The first kappa shape index (κ1) is 16.5. The number of rotatable bonds is 5. The molecule has 0 fully saturated rings. The number of aromatic nitrogens is 1. The zero-order chi connectivity index (χ0) is 16.1. The molecule has 1 N–H and O–H groups in total.